The van der Waals surface area contributed by atoms with E-state index >= 15 is 0 Å². The molecule has 5 aromatic rings. The second-order valence-electron chi connectivity index (χ2n) is 6.23. The maximum atomic E-state index is 9.35. The zero-order valence-corrected chi connectivity index (χ0v) is 15.1. The van der Waals surface area contributed by atoms with E-state index in [4.69, 9.17) is 9.97 Å². The molecule has 2 heterocycles. The van der Waals surface area contributed by atoms with Crippen LogP contribution in [0.15, 0.2) is 78.0 Å². The van der Waals surface area contributed by atoms with Gasteiger partial charge < -0.3 is 0 Å². The topological polar surface area (TPSA) is 54.0 Å². The van der Waals surface area contributed by atoms with Crippen LogP contribution in [0.1, 0.15) is 11.1 Å². The Balaban J connectivity index is 1.71. The van der Waals surface area contributed by atoms with Gasteiger partial charge >= 0.3 is 0 Å². The van der Waals surface area contributed by atoms with Crippen molar-refractivity contribution in [1.29, 1.82) is 5.26 Å². The molecule has 27 heavy (non-hydrogen) atoms. The van der Waals surface area contributed by atoms with Gasteiger partial charge in [-0.1, -0.05) is 54.2 Å². The number of nitriles is 1. The Morgan fingerprint density at radius 1 is 0.852 bits per heavy atom. The Morgan fingerprint density at radius 2 is 1.59 bits per heavy atom. The zero-order valence-electron chi connectivity index (χ0n) is 14.3. The lowest BCUT2D eigenvalue weighted by atomic mass is 10.1. The number of nitrogens with zero attached hydrogens (tertiary/aromatic N) is 4. The molecule has 128 valence electrons. The summed E-state index contributed by atoms with van der Waals surface area (Å²) >= 11 is 1.63. The fourth-order valence-corrected chi connectivity index (χ4v) is 4.32. The molecular formula is C22H14N4S. The van der Waals surface area contributed by atoms with E-state index in [-0.39, 0.29) is 0 Å². The molecule has 4 nitrogen and oxygen atoms in total. The molecule has 5 rings (SSSR count). The molecule has 0 aliphatic heterocycles. The summed E-state index contributed by atoms with van der Waals surface area (Å²) in [4.78, 5) is 9.75. The minimum Gasteiger partial charge on any atom is -0.271 e. The van der Waals surface area contributed by atoms with Crippen molar-refractivity contribution >= 4 is 39.3 Å². The van der Waals surface area contributed by atoms with Crippen molar-refractivity contribution in [2.75, 3.05) is 0 Å². The van der Waals surface area contributed by atoms with Crippen molar-refractivity contribution in [3.8, 4) is 6.07 Å². The normalized spacial score (nSPS) is 11.2. The fourth-order valence-electron chi connectivity index (χ4n) is 3.31. The van der Waals surface area contributed by atoms with Gasteiger partial charge in [-0.3, -0.25) is 4.40 Å². The number of thioether (sulfide) groups is 1. The summed E-state index contributed by atoms with van der Waals surface area (Å²) in [6, 6.07) is 26.2. The highest BCUT2D eigenvalue weighted by Gasteiger charge is 2.14. The van der Waals surface area contributed by atoms with Crippen LogP contribution in [0.2, 0.25) is 0 Å². The van der Waals surface area contributed by atoms with Crippen LogP contribution in [0.5, 0.6) is 0 Å². The molecule has 0 unspecified atom stereocenters. The summed E-state index contributed by atoms with van der Waals surface area (Å²) in [5, 5.41) is 11.3. The Labute approximate surface area is 160 Å². The Bertz CT molecular complexity index is 1350. The standard InChI is InChI=1S/C22H14N4S/c23-13-15-7-1-2-8-16(15)14-27-22-25-18-10-4-3-9-17(18)21-24-19-11-5-6-12-20(19)26(21)22/h1-12H,14H2. The van der Waals surface area contributed by atoms with Gasteiger partial charge in [0.25, 0.3) is 0 Å². The molecule has 0 atom stereocenters. The number of imidazole rings is 1. The van der Waals surface area contributed by atoms with Gasteiger partial charge in [0, 0.05) is 11.1 Å². The molecule has 0 N–H and O–H groups in total. The molecule has 3 aromatic carbocycles. The molecule has 0 radical (unpaired) electrons. The highest BCUT2D eigenvalue weighted by molar-refractivity contribution is 7.98. The minimum absolute atomic E-state index is 0.677. The molecule has 0 saturated carbocycles. The maximum absolute atomic E-state index is 9.35. The SMILES string of the molecule is N#Cc1ccccc1CSc1nc2ccccc2c2nc3ccccc3n12. The van der Waals surface area contributed by atoms with Gasteiger partial charge in [-0.05, 0) is 35.9 Å². The maximum Gasteiger partial charge on any atom is 0.175 e. The summed E-state index contributed by atoms with van der Waals surface area (Å²) in [5.74, 6) is 0.677. The average molecular weight is 366 g/mol. The van der Waals surface area contributed by atoms with Gasteiger partial charge in [0.15, 0.2) is 5.16 Å². The predicted molar refractivity (Wildman–Crippen MR) is 109 cm³/mol. The molecule has 0 fully saturated rings. The van der Waals surface area contributed by atoms with Crippen LogP contribution in [0.4, 0.5) is 0 Å². The monoisotopic (exact) mass is 366 g/mol. The third-order valence-electron chi connectivity index (χ3n) is 4.61. The summed E-state index contributed by atoms with van der Waals surface area (Å²) in [7, 11) is 0. The lowest BCUT2D eigenvalue weighted by molar-refractivity contribution is 0.952. The van der Waals surface area contributed by atoms with Crippen molar-refractivity contribution in [3.63, 3.8) is 0 Å². The second kappa shape index (κ2) is 6.42. The van der Waals surface area contributed by atoms with E-state index in [0.717, 1.165) is 38.3 Å². The van der Waals surface area contributed by atoms with Crippen molar-refractivity contribution in [1.82, 2.24) is 14.4 Å². The molecule has 0 spiro atoms. The lowest BCUT2D eigenvalue weighted by Gasteiger charge is -2.09. The number of hydrogen-bond donors (Lipinski definition) is 0. The van der Waals surface area contributed by atoms with Crippen LogP contribution < -0.4 is 0 Å². The first-order valence-corrected chi connectivity index (χ1v) is 9.60. The van der Waals surface area contributed by atoms with Crippen molar-refractivity contribution in [2.24, 2.45) is 0 Å². The molecule has 0 aliphatic rings. The number of fused-ring (bicyclic) bond motifs is 5. The number of rotatable bonds is 3. The molecule has 2 aromatic heterocycles. The summed E-state index contributed by atoms with van der Waals surface area (Å²) in [6.07, 6.45) is 0. The molecule has 0 aliphatic carbocycles. The van der Waals surface area contributed by atoms with Gasteiger partial charge in [-0.25, -0.2) is 9.97 Å². The van der Waals surface area contributed by atoms with E-state index in [1.54, 1.807) is 11.8 Å². The smallest absolute Gasteiger partial charge is 0.175 e. The van der Waals surface area contributed by atoms with Gasteiger partial charge in [0.05, 0.1) is 28.2 Å². The fraction of sp³-hybridized carbons (Fsp3) is 0.0455. The molecule has 5 heteroatoms. The van der Waals surface area contributed by atoms with Crippen molar-refractivity contribution in [2.45, 2.75) is 10.9 Å². The number of para-hydroxylation sites is 3. The van der Waals surface area contributed by atoms with Crippen LogP contribution in [0.3, 0.4) is 0 Å². The molecule has 0 saturated heterocycles. The largest absolute Gasteiger partial charge is 0.271 e. The summed E-state index contributed by atoms with van der Waals surface area (Å²) in [5.41, 5.74) is 5.56. The van der Waals surface area contributed by atoms with E-state index in [1.807, 2.05) is 60.7 Å². The summed E-state index contributed by atoms with van der Waals surface area (Å²) < 4.78 is 2.12. The number of hydrogen-bond acceptors (Lipinski definition) is 4. The first-order valence-electron chi connectivity index (χ1n) is 8.62. The molecule has 0 amide bonds. The minimum atomic E-state index is 0.677. The van der Waals surface area contributed by atoms with Crippen LogP contribution in [-0.2, 0) is 5.75 Å². The van der Waals surface area contributed by atoms with Gasteiger partial charge in [0.2, 0.25) is 0 Å². The zero-order chi connectivity index (χ0) is 18.2. The second-order valence-corrected chi connectivity index (χ2v) is 7.17. The Kier molecular flexibility index (Phi) is 3.77. The van der Waals surface area contributed by atoms with E-state index in [1.165, 1.54) is 0 Å². The third-order valence-corrected chi connectivity index (χ3v) is 5.60. The van der Waals surface area contributed by atoms with Crippen LogP contribution in [0, 0.1) is 11.3 Å². The van der Waals surface area contributed by atoms with E-state index in [9.17, 15) is 5.26 Å². The summed E-state index contributed by atoms with van der Waals surface area (Å²) in [6.45, 7) is 0. The quantitative estimate of drug-likeness (QED) is 0.325. The van der Waals surface area contributed by atoms with Gasteiger partial charge in [0.1, 0.15) is 5.65 Å². The number of benzene rings is 3. The molecule has 0 bridgehead atoms. The average Bonchev–Trinajstić information content (AvgIpc) is 3.12. The highest BCUT2D eigenvalue weighted by atomic mass is 32.2. The van der Waals surface area contributed by atoms with Gasteiger partial charge in [-0.15, -0.1) is 0 Å². The third kappa shape index (κ3) is 2.62. The Hall–Kier alpha value is -3.36. The van der Waals surface area contributed by atoms with Crippen LogP contribution in [-0.4, -0.2) is 14.4 Å². The van der Waals surface area contributed by atoms with E-state index in [2.05, 4.69) is 22.6 Å². The van der Waals surface area contributed by atoms with Crippen LogP contribution in [0.25, 0.3) is 27.6 Å². The number of aromatic nitrogens is 3. The van der Waals surface area contributed by atoms with Gasteiger partial charge in [-0.2, -0.15) is 5.26 Å². The lowest BCUT2D eigenvalue weighted by Crippen LogP contribution is -1.97. The molecular weight excluding hydrogens is 352 g/mol. The Morgan fingerprint density at radius 3 is 2.48 bits per heavy atom. The van der Waals surface area contributed by atoms with Crippen LogP contribution >= 0.6 is 11.8 Å². The predicted octanol–water partition coefficient (Wildman–Crippen LogP) is 5.20. The first-order chi connectivity index (χ1) is 13.3. The van der Waals surface area contributed by atoms with Crippen molar-refractivity contribution < 1.29 is 0 Å². The van der Waals surface area contributed by atoms with E-state index in [0.29, 0.717) is 11.3 Å². The first kappa shape index (κ1) is 15.9. The highest BCUT2D eigenvalue weighted by Crippen LogP contribution is 2.30. The van der Waals surface area contributed by atoms with Crippen molar-refractivity contribution in [3.05, 3.63) is 83.9 Å². The van der Waals surface area contributed by atoms with E-state index < -0.39 is 0 Å².